The number of carboxylic acid groups (broad SMARTS) is 1. The van der Waals surface area contributed by atoms with Crippen molar-refractivity contribution in [2.45, 2.75) is 12.0 Å². The predicted molar refractivity (Wildman–Crippen MR) is 76.0 cm³/mol. The van der Waals surface area contributed by atoms with Crippen LogP contribution in [0.5, 0.6) is 11.5 Å². The SMILES string of the molecule is COc1cc(OC)c(NC2(CC(=O)O)CNC2)cc1Cl. The molecule has 20 heavy (non-hydrogen) atoms. The molecular formula is C13H17ClN2O4. The summed E-state index contributed by atoms with van der Waals surface area (Å²) in [5.41, 5.74) is 0.137. The lowest BCUT2D eigenvalue weighted by Crippen LogP contribution is -2.65. The van der Waals surface area contributed by atoms with E-state index >= 15 is 0 Å². The molecule has 6 nitrogen and oxygen atoms in total. The molecule has 0 aliphatic carbocycles. The zero-order chi connectivity index (χ0) is 14.8. The van der Waals surface area contributed by atoms with Crippen LogP contribution in [0, 0.1) is 0 Å². The van der Waals surface area contributed by atoms with E-state index in [1.54, 1.807) is 12.1 Å². The van der Waals surface area contributed by atoms with Gasteiger partial charge in [0, 0.05) is 19.2 Å². The fourth-order valence-electron chi connectivity index (χ4n) is 2.22. The van der Waals surface area contributed by atoms with Gasteiger partial charge in [0.05, 0.1) is 36.9 Å². The quantitative estimate of drug-likeness (QED) is 0.740. The van der Waals surface area contributed by atoms with Gasteiger partial charge in [-0.2, -0.15) is 0 Å². The monoisotopic (exact) mass is 300 g/mol. The first kappa shape index (κ1) is 14.7. The molecule has 0 saturated carbocycles. The number of hydrogen-bond acceptors (Lipinski definition) is 5. The summed E-state index contributed by atoms with van der Waals surface area (Å²) in [6.45, 7) is 1.15. The normalized spacial score (nSPS) is 16.1. The Bertz CT molecular complexity index is 517. The van der Waals surface area contributed by atoms with E-state index in [4.69, 9.17) is 26.2 Å². The minimum atomic E-state index is -0.849. The van der Waals surface area contributed by atoms with E-state index in [-0.39, 0.29) is 6.42 Å². The number of carbonyl (C=O) groups is 1. The summed E-state index contributed by atoms with van der Waals surface area (Å²) in [6.07, 6.45) is 0.0206. The third kappa shape index (κ3) is 2.91. The molecule has 0 atom stereocenters. The van der Waals surface area contributed by atoms with Gasteiger partial charge in [0.1, 0.15) is 11.5 Å². The molecule has 1 aliphatic heterocycles. The number of ether oxygens (including phenoxy) is 2. The fourth-order valence-corrected chi connectivity index (χ4v) is 2.46. The Kier molecular flexibility index (Phi) is 4.25. The average Bonchev–Trinajstić information content (AvgIpc) is 2.36. The molecular weight excluding hydrogens is 284 g/mol. The molecule has 110 valence electrons. The van der Waals surface area contributed by atoms with Crippen LogP contribution in [0.25, 0.3) is 0 Å². The number of benzene rings is 1. The number of rotatable bonds is 6. The summed E-state index contributed by atoms with van der Waals surface area (Å²) < 4.78 is 10.4. The Morgan fingerprint density at radius 2 is 2.05 bits per heavy atom. The van der Waals surface area contributed by atoms with Crippen LogP contribution in [0.4, 0.5) is 5.69 Å². The standard InChI is InChI=1S/C13H17ClN2O4/c1-19-10-4-11(20-2)9(3-8(10)14)16-13(5-12(17)18)6-15-7-13/h3-4,15-16H,5-7H2,1-2H3,(H,17,18). The molecule has 0 radical (unpaired) electrons. The zero-order valence-corrected chi connectivity index (χ0v) is 12.1. The van der Waals surface area contributed by atoms with Gasteiger partial charge in [0.25, 0.3) is 0 Å². The molecule has 0 unspecified atom stereocenters. The third-order valence-corrected chi connectivity index (χ3v) is 3.59. The number of nitrogens with one attached hydrogen (secondary N) is 2. The number of halogens is 1. The van der Waals surface area contributed by atoms with Crippen LogP contribution in [0.3, 0.4) is 0 Å². The van der Waals surface area contributed by atoms with Gasteiger partial charge in [0.2, 0.25) is 0 Å². The molecule has 0 aromatic heterocycles. The number of aliphatic carboxylic acids is 1. The highest BCUT2D eigenvalue weighted by Gasteiger charge is 2.39. The summed E-state index contributed by atoms with van der Waals surface area (Å²) in [5, 5.41) is 15.8. The molecule has 7 heteroatoms. The van der Waals surface area contributed by atoms with Crippen molar-refractivity contribution in [3.8, 4) is 11.5 Å². The van der Waals surface area contributed by atoms with Crippen molar-refractivity contribution in [2.24, 2.45) is 0 Å². The highest BCUT2D eigenvalue weighted by Crippen LogP contribution is 2.38. The van der Waals surface area contributed by atoms with Gasteiger partial charge in [0.15, 0.2) is 0 Å². The molecule has 2 rings (SSSR count). The lowest BCUT2D eigenvalue weighted by atomic mass is 9.88. The van der Waals surface area contributed by atoms with E-state index in [1.807, 2.05) is 0 Å². The first-order valence-corrected chi connectivity index (χ1v) is 6.50. The van der Waals surface area contributed by atoms with Crippen molar-refractivity contribution < 1.29 is 19.4 Å². The smallest absolute Gasteiger partial charge is 0.305 e. The summed E-state index contributed by atoms with van der Waals surface area (Å²) in [6, 6.07) is 3.35. The third-order valence-electron chi connectivity index (χ3n) is 3.29. The van der Waals surface area contributed by atoms with Crippen molar-refractivity contribution in [1.82, 2.24) is 5.32 Å². The van der Waals surface area contributed by atoms with Gasteiger partial charge in [-0.1, -0.05) is 11.6 Å². The Balaban J connectivity index is 2.28. The molecule has 3 N–H and O–H groups in total. The van der Waals surface area contributed by atoms with Crippen LogP contribution in [-0.4, -0.2) is 43.9 Å². The summed E-state index contributed by atoms with van der Waals surface area (Å²) in [5.74, 6) is 0.216. The van der Waals surface area contributed by atoms with Crippen LogP contribution < -0.4 is 20.1 Å². The molecule has 0 bridgehead atoms. The Morgan fingerprint density at radius 1 is 1.40 bits per heavy atom. The maximum absolute atomic E-state index is 11.0. The Hall–Kier alpha value is -1.66. The molecule has 0 spiro atoms. The van der Waals surface area contributed by atoms with Gasteiger partial charge >= 0.3 is 5.97 Å². The van der Waals surface area contributed by atoms with E-state index in [0.717, 1.165) is 0 Å². The summed E-state index contributed by atoms with van der Waals surface area (Å²) in [4.78, 5) is 11.0. The van der Waals surface area contributed by atoms with Crippen molar-refractivity contribution >= 4 is 23.3 Å². The molecule has 1 aromatic carbocycles. The van der Waals surface area contributed by atoms with Gasteiger partial charge < -0.3 is 25.2 Å². The van der Waals surface area contributed by atoms with E-state index in [9.17, 15) is 4.79 Å². The minimum Gasteiger partial charge on any atom is -0.495 e. The molecule has 1 fully saturated rings. The van der Waals surface area contributed by atoms with Crippen LogP contribution >= 0.6 is 11.6 Å². The highest BCUT2D eigenvalue weighted by molar-refractivity contribution is 6.32. The Labute approximate surface area is 122 Å². The maximum Gasteiger partial charge on any atom is 0.305 e. The van der Waals surface area contributed by atoms with E-state index in [0.29, 0.717) is 35.3 Å². The average molecular weight is 301 g/mol. The molecule has 1 aromatic rings. The molecule has 1 saturated heterocycles. The number of anilines is 1. The summed E-state index contributed by atoms with van der Waals surface area (Å²) in [7, 11) is 3.06. The van der Waals surface area contributed by atoms with E-state index in [2.05, 4.69) is 10.6 Å². The van der Waals surface area contributed by atoms with Crippen molar-refractivity contribution in [2.75, 3.05) is 32.6 Å². The van der Waals surface area contributed by atoms with Gasteiger partial charge in [-0.3, -0.25) is 4.79 Å². The molecule has 1 aliphatic rings. The predicted octanol–water partition coefficient (Wildman–Crippen LogP) is 1.59. The van der Waals surface area contributed by atoms with Gasteiger partial charge in [-0.25, -0.2) is 0 Å². The van der Waals surface area contributed by atoms with E-state index < -0.39 is 11.5 Å². The Morgan fingerprint density at radius 3 is 2.50 bits per heavy atom. The van der Waals surface area contributed by atoms with Crippen molar-refractivity contribution in [3.05, 3.63) is 17.2 Å². The van der Waals surface area contributed by atoms with Crippen LogP contribution in [-0.2, 0) is 4.79 Å². The second-order valence-corrected chi connectivity index (χ2v) is 5.17. The largest absolute Gasteiger partial charge is 0.495 e. The molecule has 1 heterocycles. The van der Waals surface area contributed by atoms with Crippen molar-refractivity contribution in [1.29, 1.82) is 0 Å². The second kappa shape index (κ2) is 5.76. The highest BCUT2D eigenvalue weighted by atomic mass is 35.5. The number of hydrogen-bond donors (Lipinski definition) is 3. The zero-order valence-electron chi connectivity index (χ0n) is 11.3. The van der Waals surface area contributed by atoms with Crippen molar-refractivity contribution in [3.63, 3.8) is 0 Å². The lowest BCUT2D eigenvalue weighted by Gasteiger charge is -2.43. The van der Waals surface area contributed by atoms with E-state index in [1.165, 1.54) is 14.2 Å². The maximum atomic E-state index is 11.0. The first-order chi connectivity index (χ1) is 9.49. The first-order valence-electron chi connectivity index (χ1n) is 6.12. The van der Waals surface area contributed by atoms with Gasteiger partial charge in [-0.15, -0.1) is 0 Å². The minimum absolute atomic E-state index is 0.0206. The topological polar surface area (TPSA) is 79.8 Å². The van der Waals surface area contributed by atoms with Crippen LogP contribution in [0.1, 0.15) is 6.42 Å². The fraction of sp³-hybridized carbons (Fsp3) is 0.462. The van der Waals surface area contributed by atoms with Gasteiger partial charge in [-0.05, 0) is 6.07 Å². The summed E-state index contributed by atoms with van der Waals surface area (Å²) >= 11 is 6.10. The second-order valence-electron chi connectivity index (χ2n) is 4.77. The lowest BCUT2D eigenvalue weighted by molar-refractivity contribution is -0.138. The van der Waals surface area contributed by atoms with Crippen LogP contribution in [0.15, 0.2) is 12.1 Å². The number of carboxylic acids is 1. The number of methoxy groups -OCH3 is 2. The van der Waals surface area contributed by atoms with Crippen LogP contribution in [0.2, 0.25) is 5.02 Å². The molecule has 0 amide bonds.